The summed E-state index contributed by atoms with van der Waals surface area (Å²) in [5.41, 5.74) is 0.820. The molecule has 4 rings (SSSR count). The first kappa shape index (κ1) is 22.7. The van der Waals surface area contributed by atoms with Gasteiger partial charge in [-0.25, -0.2) is 13.4 Å². The van der Waals surface area contributed by atoms with E-state index in [1.807, 2.05) is 25.1 Å². The minimum absolute atomic E-state index is 0.0512. The summed E-state index contributed by atoms with van der Waals surface area (Å²) in [6, 6.07) is 9.49. The van der Waals surface area contributed by atoms with Crippen LogP contribution < -0.4 is 5.32 Å². The second-order valence-electron chi connectivity index (χ2n) is 7.63. The summed E-state index contributed by atoms with van der Waals surface area (Å²) >= 11 is 1.37. The minimum Gasteiger partial charge on any atom is -0.302 e. The number of sulfonamides is 1. The number of thiazole rings is 1. The maximum atomic E-state index is 13.0. The zero-order valence-corrected chi connectivity index (χ0v) is 18.6. The van der Waals surface area contributed by atoms with Crippen molar-refractivity contribution in [2.45, 2.75) is 30.8 Å². The second kappa shape index (κ2) is 8.45. The predicted octanol–water partition coefficient (Wildman–Crippen LogP) is 4.66. The van der Waals surface area contributed by atoms with E-state index in [1.165, 1.54) is 11.3 Å². The third-order valence-corrected chi connectivity index (χ3v) is 8.31. The lowest BCUT2D eigenvalue weighted by molar-refractivity contribution is -0.137. The van der Waals surface area contributed by atoms with Crippen molar-refractivity contribution < 1.29 is 26.4 Å². The molecule has 0 spiro atoms. The quantitative estimate of drug-likeness (QED) is 0.585. The molecule has 2 heterocycles. The van der Waals surface area contributed by atoms with Gasteiger partial charge in [-0.1, -0.05) is 29.5 Å². The molecule has 1 fully saturated rings. The molecule has 1 N–H and O–H groups in total. The molecule has 0 bridgehead atoms. The molecule has 1 aliphatic rings. The molecule has 1 aromatic heterocycles. The summed E-state index contributed by atoms with van der Waals surface area (Å²) in [4.78, 5) is 16.7. The number of rotatable bonds is 4. The molecule has 6 nitrogen and oxygen atoms in total. The molecule has 1 amide bonds. The van der Waals surface area contributed by atoms with Crippen molar-refractivity contribution in [3.05, 3.63) is 53.6 Å². The van der Waals surface area contributed by atoms with Crippen LogP contribution in [0.2, 0.25) is 0 Å². The number of fused-ring (bicyclic) bond motifs is 1. The fraction of sp³-hybridized carbons (Fsp3) is 0.333. The van der Waals surface area contributed by atoms with Gasteiger partial charge in [-0.2, -0.15) is 17.5 Å². The highest BCUT2D eigenvalue weighted by Gasteiger charge is 2.35. The van der Waals surface area contributed by atoms with E-state index in [9.17, 15) is 26.4 Å². The van der Waals surface area contributed by atoms with E-state index in [2.05, 4.69) is 10.3 Å². The van der Waals surface area contributed by atoms with Crippen molar-refractivity contribution in [2.24, 2.45) is 5.92 Å². The van der Waals surface area contributed by atoms with Crippen molar-refractivity contribution in [2.75, 3.05) is 18.4 Å². The van der Waals surface area contributed by atoms with Crippen molar-refractivity contribution >= 4 is 42.6 Å². The van der Waals surface area contributed by atoms with E-state index in [1.54, 1.807) is 0 Å². The number of aryl methyl sites for hydroxylation is 1. The summed E-state index contributed by atoms with van der Waals surface area (Å²) < 4.78 is 66.6. The van der Waals surface area contributed by atoms with E-state index in [-0.39, 0.29) is 31.8 Å². The number of hydrogen-bond acceptors (Lipinski definition) is 5. The molecular weight excluding hydrogens is 463 g/mol. The normalized spacial score (nSPS) is 16.4. The summed E-state index contributed by atoms with van der Waals surface area (Å²) in [7, 11) is -4.08. The van der Waals surface area contributed by atoms with Gasteiger partial charge in [0.2, 0.25) is 15.9 Å². The number of aromatic nitrogens is 1. The number of alkyl halides is 3. The molecule has 0 atom stereocenters. The second-order valence-corrected chi connectivity index (χ2v) is 10.6. The number of anilines is 1. The van der Waals surface area contributed by atoms with E-state index in [4.69, 9.17) is 0 Å². The number of amides is 1. The maximum Gasteiger partial charge on any atom is 0.416 e. The van der Waals surface area contributed by atoms with Crippen LogP contribution in [0.15, 0.2) is 47.4 Å². The molecule has 32 heavy (non-hydrogen) atoms. The van der Waals surface area contributed by atoms with Crippen LogP contribution in [0, 0.1) is 12.8 Å². The number of hydrogen-bond donors (Lipinski definition) is 1. The SMILES string of the molecule is Cc1cccc2sc(NC(=O)C3CCN(S(=O)(=O)c4cccc(C(F)(F)F)c4)CC3)nc12. The van der Waals surface area contributed by atoms with Gasteiger partial charge in [-0.15, -0.1) is 0 Å². The first-order valence-corrected chi connectivity index (χ1v) is 12.2. The van der Waals surface area contributed by atoms with Gasteiger partial charge in [-0.05, 0) is 49.6 Å². The summed E-state index contributed by atoms with van der Waals surface area (Å²) in [6.07, 6.45) is -4.09. The molecule has 2 aromatic carbocycles. The third-order valence-electron chi connectivity index (χ3n) is 5.47. The lowest BCUT2D eigenvalue weighted by Crippen LogP contribution is -2.41. The molecule has 0 aliphatic carbocycles. The average Bonchev–Trinajstić information content (AvgIpc) is 3.17. The fourth-order valence-corrected chi connectivity index (χ4v) is 6.15. The van der Waals surface area contributed by atoms with Gasteiger partial charge in [0.1, 0.15) is 0 Å². The number of para-hydroxylation sites is 1. The zero-order valence-electron chi connectivity index (χ0n) is 17.0. The van der Waals surface area contributed by atoms with Gasteiger partial charge >= 0.3 is 6.18 Å². The Kier molecular flexibility index (Phi) is 5.99. The van der Waals surface area contributed by atoms with Crippen molar-refractivity contribution in [3.8, 4) is 0 Å². The Morgan fingerprint density at radius 2 is 1.84 bits per heavy atom. The Balaban J connectivity index is 1.42. The summed E-state index contributed by atoms with van der Waals surface area (Å²) in [5, 5.41) is 3.30. The average molecular weight is 484 g/mol. The molecule has 0 saturated carbocycles. The minimum atomic E-state index is -4.63. The molecule has 1 saturated heterocycles. The zero-order chi connectivity index (χ0) is 23.1. The van der Waals surface area contributed by atoms with Crippen molar-refractivity contribution in [1.82, 2.24) is 9.29 Å². The lowest BCUT2D eigenvalue weighted by atomic mass is 9.97. The standard InChI is InChI=1S/C21H20F3N3O3S2/c1-13-4-2-7-17-18(13)25-20(31-17)26-19(28)14-8-10-27(11-9-14)32(29,30)16-6-3-5-15(12-16)21(22,23)24/h2-7,12,14H,8-11H2,1H3,(H,25,26,28). The number of benzene rings is 2. The summed E-state index contributed by atoms with van der Waals surface area (Å²) in [5.74, 6) is -0.645. The van der Waals surface area contributed by atoms with Crippen LogP contribution in [0.1, 0.15) is 24.0 Å². The number of carbonyl (C=O) groups excluding carboxylic acids is 1. The molecule has 0 unspecified atom stereocenters. The van der Waals surface area contributed by atoms with Crippen LogP contribution in [0.4, 0.5) is 18.3 Å². The highest BCUT2D eigenvalue weighted by Crippen LogP contribution is 2.33. The van der Waals surface area contributed by atoms with E-state index < -0.39 is 32.6 Å². The van der Waals surface area contributed by atoms with Crippen LogP contribution >= 0.6 is 11.3 Å². The molecule has 11 heteroatoms. The van der Waals surface area contributed by atoms with E-state index >= 15 is 0 Å². The van der Waals surface area contributed by atoms with Crippen LogP contribution in [0.5, 0.6) is 0 Å². The van der Waals surface area contributed by atoms with Crippen LogP contribution in [-0.4, -0.2) is 36.7 Å². The van der Waals surface area contributed by atoms with Gasteiger partial charge in [-0.3, -0.25) is 4.79 Å². The number of nitrogens with one attached hydrogen (secondary N) is 1. The van der Waals surface area contributed by atoms with Gasteiger partial charge in [0, 0.05) is 19.0 Å². The topological polar surface area (TPSA) is 79.4 Å². The number of halogens is 3. The van der Waals surface area contributed by atoms with Gasteiger partial charge in [0.25, 0.3) is 0 Å². The molecule has 3 aromatic rings. The number of carbonyl (C=O) groups is 1. The summed E-state index contributed by atoms with van der Waals surface area (Å²) in [6.45, 7) is 2.04. The predicted molar refractivity (Wildman–Crippen MR) is 116 cm³/mol. The van der Waals surface area contributed by atoms with Crippen LogP contribution in [0.25, 0.3) is 10.2 Å². The number of piperidine rings is 1. The maximum absolute atomic E-state index is 13.0. The first-order chi connectivity index (χ1) is 15.1. The Labute approximate surface area is 187 Å². The fourth-order valence-electron chi connectivity index (χ4n) is 3.69. The largest absolute Gasteiger partial charge is 0.416 e. The molecular formula is C21H20F3N3O3S2. The molecule has 0 radical (unpaired) electrons. The van der Waals surface area contributed by atoms with Crippen LogP contribution in [0.3, 0.4) is 0 Å². The Bertz CT molecular complexity index is 1260. The van der Waals surface area contributed by atoms with Gasteiger partial charge < -0.3 is 5.32 Å². The molecule has 1 aliphatic heterocycles. The highest BCUT2D eigenvalue weighted by atomic mass is 32.2. The Morgan fingerprint density at radius 3 is 2.50 bits per heavy atom. The molecule has 170 valence electrons. The Hall–Kier alpha value is -2.50. The lowest BCUT2D eigenvalue weighted by Gasteiger charge is -2.30. The van der Waals surface area contributed by atoms with E-state index in [0.29, 0.717) is 11.2 Å². The monoisotopic (exact) mass is 483 g/mol. The third kappa shape index (κ3) is 4.50. The van der Waals surface area contributed by atoms with Gasteiger partial charge in [0.05, 0.1) is 20.7 Å². The smallest absolute Gasteiger partial charge is 0.302 e. The van der Waals surface area contributed by atoms with E-state index in [0.717, 1.165) is 38.3 Å². The highest BCUT2D eigenvalue weighted by molar-refractivity contribution is 7.89. The van der Waals surface area contributed by atoms with Crippen LogP contribution in [-0.2, 0) is 21.0 Å². The van der Waals surface area contributed by atoms with Crippen molar-refractivity contribution in [3.63, 3.8) is 0 Å². The Morgan fingerprint density at radius 1 is 1.16 bits per heavy atom. The number of nitrogens with zero attached hydrogens (tertiary/aromatic N) is 2. The first-order valence-electron chi connectivity index (χ1n) is 9.90. The van der Waals surface area contributed by atoms with Gasteiger partial charge in [0.15, 0.2) is 5.13 Å². The van der Waals surface area contributed by atoms with Crippen molar-refractivity contribution in [1.29, 1.82) is 0 Å².